The van der Waals surface area contributed by atoms with Crippen molar-refractivity contribution < 1.29 is 23.0 Å². The molecule has 0 aliphatic heterocycles. The van der Waals surface area contributed by atoms with E-state index in [1.54, 1.807) is 11.6 Å². The van der Waals surface area contributed by atoms with E-state index in [0.29, 0.717) is 12.2 Å². The molecule has 158 valence electrons. The van der Waals surface area contributed by atoms with Crippen LogP contribution in [-0.2, 0) is 23.4 Å². The zero-order valence-electron chi connectivity index (χ0n) is 16.7. The van der Waals surface area contributed by atoms with E-state index in [2.05, 4.69) is 22.3 Å². The molecule has 1 saturated carbocycles. The summed E-state index contributed by atoms with van der Waals surface area (Å²) in [5.74, 6) is 0.843. The summed E-state index contributed by atoms with van der Waals surface area (Å²) < 4.78 is 46.9. The molecule has 3 rings (SSSR count). The molecule has 8 heteroatoms. The fourth-order valence-corrected chi connectivity index (χ4v) is 4.36. The van der Waals surface area contributed by atoms with Gasteiger partial charge in [0.1, 0.15) is 5.82 Å². The van der Waals surface area contributed by atoms with Crippen molar-refractivity contribution >= 4 is 0 Å². The van der Waals surface area contributed by atoms with Gasteiger partial charge in [-0.3, -0.25) is 0 Å². The molecule has 1 aliphatic carbocycles. The molecule has 29 heavy (non-hydrogen) atoms. The number of methoxy groups -OCH3 is 1. The summed E-state index contributed by atoms with van der Waals surface area (Å²) in [6.07, 6.45) is 1.70. The Morgan fingerprint density at radius 1 is 1.28 bits per heavy atom. The number of nitrogens with zero attached hydrogens (tertiary/aromatic N) is 3. The van der Waals surface area contributed by atoms with E-state index < -0.39 is 18.0 Å². The van der Waals surface area contributed by atoms with Crippen LogP contribution in [0.2, 0.25) is 0 Å². The highest BCUT2D eigenvalue weighted by Gasteiger charge is 2.40. The van der Waals surface area contributed by atoms with Gasteiger partial charge in [0, 0.05) is 19.6 Å². The Kier molecular flexibility index (Phi) is 6.49. The smallest absolute Gasteiger partial charge is 0.368 e. The molecule has 0 radical (unpaired) electrons. The van der Waals surface area contributed by atoms with Crippen LogP contribution in [0.3, 0.4) is 0 Å². The molecular formula is C21H26F3N3O2. The SMILES string of the molecule is COC(O)CCCC1(c2nnc(-c3c#cccc3C(F)(F)F)n2C)CCCCC1. The second-order valence-corrected chi connectivity index (χ2v) is 7.72. The van der Waals surface area contributed by atoms with Gasteiger partial charge in [0.25, 0.3) is 0 Å². The van der Waals surface area contributed by atoms with Gasteiger partial charge in [-0.25, -0.2) is 0 Å². The molecular weight excluding hydrogens is 383 g/mol. The van der Waals surface area contributed by atoms with Crippen molar-refractivity contribution in [3.05, 3.63) is 35.7 Å². The number of aliphatic hydroxyl groups is 1. The van der Waals surface area contributed by atoms with Gasteiger partial charge in [0.2, 0.25) is 0 Å². The molecule has 0 bridgehead atoms. The zero-order chi connectivity index (χ0) is 21.1. The fraction of sp³-hybridized carbons (Fsp3) is 0.619. The van der Waals surface area contributed by atoms with Crippen LogP contribution in [0, 0.1) is 12.1 Å². The normalized spacial score (nSPS) is 17.7. The van der Waals surface area contributed by atoms with Gasteiger partial charge < -0.3 is 14.4 Å². The summed E-state index contributed by atoms with van der Waals surface area (Å²) >= 11 is 0. The standard InChI is InChI=1S/C21H26F3N3O2/c1-27-18(15-9-4-5-10-16(15)21(22,23)24)25-26-19(27)20(12-6-3-7-13-20)14-8-11-17(28)29-2/h5,10,17,28H,3,6-8,11-14H2,1-2H3. The van der Waals surface area contributed by atoms with Crippen LogP contribution in [-0.4, -0.2) is 33.3 Å². The second-order valence-electron chi connectivity index (χ2n) is 7.72. The number of rotatable bonds is 7. The lowest BCUT2D eigenvalue weighted by Crippen LogP contribution is -2.32. The summed E-state index contributed by atoms with van der Waals surface area (Å²) in [7, 11) is 3.17. The van der Waals surface area contributed by atoms with E-state index in [-0.39, 0.29) is 16.8 Å². The van der Waals surface area contributed by atoms with Gasteiger partial charge in [0.15, 0.2) is 12.1 Å². The Hall–Kier alpha value is -2.11. The predicted octanol–water partition coefficient (Wildman–Crippen LogP) is 4.44. The average Bonchev–Trinajstić information content (AvgIpc) is 3.09. The lowest BCUT2D eigenvalue weighted by atomic mass is 9.70. The monoisotopic (exact) mass is 409 g/mol. The average molecular weight is 409 g/mol. The maximum absolute atomic E-state index is 13.5. The van der Waals surface area contributed by atoms with Crippen molar-refractivity contribution in [3.63, 3.8) is 0 Å². The van der Waals surface area contributed by atoms with Crippen LogP contribution < -0.4 is 0 Å². The van der Waals surface area contributed by atoms with Gasteiger partial charge in [-0.2, -0.15) is 13.2 Å². The molecule has 1 N–H and O–H groups in total. The lowest BCUT2D eigenvalue weighted by molar-refractivity contribution is -0.137. The van der Waals surface area contributed by atoms with Crippen LogP contribution in [0.4, 0.5) is 13.2 Å². The molecule has 1 aromatic carbocycles. The number of aromatic nitrogens is 3. The Labute approximate surface area is 168 Å². The molecule has 1 unspecified atom stereocenters. The van der Waals surface area contributed by atoms with Crippen molar-refractivity contribution in [3.8, 4) is 11.4 Å². The number of ether oxygens (including phenoxy) is 1. The van der Waals surface area contributed by atoms with E-state index in [9.17, 15) is 18.3 Å². The largest absolute Gasteiger partial charge is 0.417 e. The molecule has 0 amide bonds. The molecule has 1 aromatic heterocycles. The maximum atomic E-state index is 13.5. The summed E-state index contributed by atoms with van der Waals surface area (Å²) in [4.78, 5) is 0. The van der Waals surface area contributed by atoms with Gasteiger partial charge in [-0.1, -0.05) is 31.4 Å². The van der Waals surface area contributed by atoms with Crippen molar-refractivity contribution in [2.24, 2.45) is 7.05 Å². The van der Waals surface area contributed by atoms with Crippen molar-refractivity contribution in [1.82, 2.24) is 14.8 Å². The highest BCUT2D eigenvalue weighted by Crippen LogP contribution is 2.44. The summed E-state index contributed by atoms with van der Waals surface area (Å²) in [6, 6.07) is 7.37. The Morgan fingerprint density at radius 3 is 2.66 bits per heavy atom. The molecule has 1 atom stereocenters. The predicted molar refractivity (Wildman–Crippen MR) is 101 cm³/mol. The number of aliphatic hydroxyl groups excluding tert-OH is 1. The molecule has 2 aromatic rings. The molecule has 1 aliphatic rings. The number of hydrogen-bond donors (Lipinski definition) is 1. The minimum absolute atomic E-state index is 0.137. The van der Waals surface area contributed by atoms with Crippen molar-refractivity contribution in [2.75, 3.05) is 7.11 Å². The second kappa shape index (κ2) is 8.72. The van der Waals surface area contributed by atoms with Crippen LogP contribution in [0.25, 0.3) is 11.4 Å². The first-order valence-corrected chi connectivity index (χ1v) is 9.89. The first-order chi connectivity index (χ1) is 13.8. The van der Waals surface area contributed by atoms with E-state index in [1.807, 2.05) is 0 Å². The van der Waals surface area contributed by atoms with Crippen LogP contribution in [0.1, 0.15) is 62.8 Å². The Balaban J connectivity index is 1.95. The summed E-state index contributed by atoms with van der Waals surface area (Å²) in [6.45, 7) is 0. The maximum Gasteiger partial charge on any atom is 0.417 e. The van der Waals surface area contributed by atoms with Crippen molar-refractivity contribution in [1.29, 1.82) is 0 Å². The molecule has 0 spiro atoms. The van der Waals surface area contributed by atoms with Gasteiger partial charge in [-0.15, -0.1) is 10.2 Å². The summed E-state index contributed by atoms with van der Waals surface area (Å²) in [5, 5.41) is 18.2. The third-order valence-corrected chi connectivity index (χ3v) is 5.87. The third kappa shape index (κ3) is 4.57. The van der Waals surface area contributed by atoms with Gasteiger partial charge in [-0.05, 0) is 44.2 Å². The molecule has 1 fully saturated rings. The quantitative estimate of drug-likeness (QED) is 0.687. The number of alkyl halides is 3. The fourth-order valence-electron chi connectivity index (χ4n) is 4.36. The summed E-state index contributed by atoms with van der Waals surface area (Å²) in [5.41, 5.74) is -1.19. The Bertz CT molecular complexity index is 814. The van der Waals surface area contributed by atoms with E-state index in [4.69, 9.17) is 4.74 Å². The van der Waals surface area contributed by atoms with Crippen LogP contribution in [0.5, 0.6) is 0 Å². The van der Waals surface area contributed by atoms with E-state index in [0.717, 1.165) is 51.0 Å². The lowest BCUT2D eigenvalue weighted by Gasteiger charge is -2.36. The van der Waals surface area contributed by atoms with Crippen LogP contribution in [0.15, 0.2) is 12.1 Å². The highest BCUT2D eigenvalue weighted by atomic mass is 19.4. The Morgan fingerprint density at radius 2 is 2.00 bits per heavy atom. The van der Waals surface area contributed by atoms with E-state index in [1.165, 1.54) is 13.2 Å². The number of halogens is 3. The third-order valence-electron chi connectivity index (χ3n) is 5.87. The minimum atomic E-state index is -4.51. The topological polar surface area (TPSA) is 60.2 Å². The van der Waals surface area contributed by atoms with Gasteiger partial charge >= 0.3 is 6.18 Å². The molecule has 5 nitrogen and oxygen atoms in total. The van der Waals surface area contributed by atoms with Gasteiger partial charge in [0.05, 0.1) is 11.1 Å². The molecule has 1 heterocycles. The minimum Gasteiger partial charge on any atom is -0.368 e. The molecule has 0 saturated heterocycles. The van der Waals surface area contributed by atoms with E-state index >= 15 is 0 Å². The number of hydrogen-bond acceptors (Lipinski definition) is 4. The van der Waals surface area contributed by atoms with Crippen molar-refractivity contribution in [2.45, 2.75) is 69.2 Å². The zero-order valence-corrected chi connectivity index (χ0v) is 16.7. The first-order valence-electron chi connectivity index (χ1n) is 9.89. The first kappa shape index (κ1) is 21.6. The van der Waals surface area contributed by atoms with Crippen LogP contribution >= 0.6 is 0 Å². The highest BCUT2D eigenvalue weighted by molar-refractivity contribution is 5.59.